The lowest BCUT2D eigenvalue weighted by atomic mass is 9.93. The van der Waals surface area contributed by atoms with Crippen LogP contribution in [0, 0.1) is 6.92 Å². The summed E-state index contributed by atoms with van der Waals surface area (Å²) in [5.41, 5.74) is 1.14. The van der Waals surface area contributed by atoms with Gasteiger partial charge in [-0.15, -0.1) is 0 Å². The third-order valence-corrected chi connectivity index (χ3v) is 3.45. The van der Waals surface area contributed by atoms with Crippen molar-refractivity contribution in [2.45, 2.75) is 32.3 Å². The number of carbonyl (C=O) groups excluding carboxylic acids is 1. The molecule has 2 N–H and O–H groups in total. The molecule has 0 aromatic heterocycles. The molecule has 18 heavy (non-hydrogen) atoms. The molecule has 0 fully saturated rings. The molecule has 1 aromatic rings. The van der Waals surface area contributed by atoms with E-state index in [4.69, 9.17) is 4.74 Å². The van der Waals surface area contributed by atoms with Crippen LogP contribution in [0.2, 0.25) is 0 Å². The van der Waals surface area contributed by atoms with Crippen molar-refractivity contribution >= 4 is 11.6 Å². The Labute approximate surface area is 108 Å². The highest BCUT2D eigenvalue weighted by molar-refractivity contribution is 6.00. The molecule has 0 bridgehead atoms. The Bertz CT molecular complexity index is 459. The largest absolute Gasteiger partial charge is 0.475 e. The van der Waals surface area contributed by atoms with Crippen LogP contribution in [0.25, 0.3) is 0 Å². The van der Waals surface area contributed by atoms with E-state index in [1.807, 2.05) is 39.1 Å². The van der Waals surface area contributed by atoms with Gasteiger partial charge in [-0.05, 0) is 44.6 Å². The highest BCUT2D eigenvalue weighted by atomic mass is 16.5. The Morgan fingerprint density at radius 1 is 1.44 bits per heavy atom. The molecule has 1 amide bonds. The van der Waals surface area contributed by atoms with Gasteiger partial charge in [-0.2, -0.15) is 0 Å². The minimum Gasteiger partial charge on any atom is -0.475 e. The van der Waals surface area contributed by atoms with Crippen molar-refractivity contribution in [3.05, 3.63) is 23.8 Å². The molecule has 1 aromatic carbocycles. The van der Waals surface area contributed by atoms with Crippen LogP contribution in [-0.2, 0) is 4.79 Å². The average Bonchev–Trinajstić information content (AvgIpc) is 2.37. The van der Waals surface area contributed by atoms with Crippen molar-refractivity contribution in [1.82, 2.24) is 5.32 Å². The number of rotatable bonds is 4. The summed E-state index contributed by atoms with van der Waals surface area (Å²) >= 11 is 0. The first-order valence-corrected chi connectivity index (χ1v) is 6.37. The number of carbonyl (C=O) groups is 1. The van der Waals surface area contributed by atoms with Crippen LogP contribution in [-0.4, -0.2) is 25.1 Å². The molecule has 1 aliphatic rings. The van der Waals surface area contributed by atoms with Gasteiger partial charge in [-0.25, -0.2) is 0 Å². The molecule has 1 heterocycles. The zero-order chi connectivity index (χ0) is 13.2. The molecule has 0 radical (unpaired) electrons. The Morgan fingerprint density at radius 2 is 2.22 bits per heavy atom. The Kier molecular flexibility index (Phi) is 3.57. The van der Waals surface area contributed by atoms with E-state index in [-0.39, 0.29) is 5.91 Å². The third kappa shape index (κ3) is 2.20. The fourth-order valence-electron chi connectivity index (χ4n) is 2.22. The highest BCUT2D eigenvalue weighted by Crippen LogP contribution is 2.37. The van der Waals surface area contributed by atoms with Crippen LogP contribution in [0.3, 0.4) is 0 Å². The topological polar surface area (TPSA) is 50.4 Å². The number of fused-ring (bicyclic) bond motifs is 1. The average molecular weight is 248 g/mol. The molecule has 4 heteroatoms. The first-order valence-electron chi connectivity index (χ1n) is 6.37. The normalized spacial score (nSPS) is 22.1. The predicted octanol–water partition coefficient (Wildman–Crippen LogP) is 2.08. The van der Waals surface area contributed by atoms with Gasteiger partial charge in [0.15, 0.2) is 5.60 Å². The summed E-state index contributed by atoms with van der Waals surface area (Å²) in [6, 6.07) is 5.85. The zero-order valence-corrected chi connectivity index (χ0v) is 11.2. The lowest BCUT2D eigenvalue weighted by Gasteiger charge is -2.37. The second kappa shape index (κ2) is 4.98. The van der Waals surface area contributed by atoms with E-state index in [9.17, 15) is 4.79 Å². The van der Waals surface area contributed by atoms with Gasteiger partial charge in [-0.1, -0.05) is 13.0 Å². The third-order valence-electron chi connectivity index (χ3n) is 3.45. The minimum atomic E-state index is -0.745. The van der Waals surface area contributed by atoms with Crippen molar-refractivity contribution in [2.24, 2.45) is 0 Å². The number of ether oxygens (including phenoxy) is 1. The fourth-order valence-corrected chi connectivity index (χ4v) is 2.22. The van der Waals surface area contributed by atoms with Crippen LogP contribution < -0.4 is 15.4 Å². The number of hydrogen-bond acceptors (Lipinski definition) is 3. The number of hydrogen-bond donors (Lipinski definition) is 2. The van der Waals surface area contributed by atoms with Gasteiger partial charge in [0, 0.05) is 6.42 Å². The fraction of sp³-hybridized carbons (Fsp3) is 0.500. The molecule has 1 unspecified atom stereocenters. The van der Waals surface area contributed by atoms with Crippen LogP contribution in [0.15, 0.2) is 18.2 Å². The number of amides is 1. The van der Waals surface area contributed by atoms with Crippen molar-refractivity contribution in [2.75, 3.05) is 18.9 Å². The first kappa shape index (κ1) is 12.9. The van der Waals surface area contributed by atoms with E-state index < -0.39 is 5.60 Å². The van der Waals surface area contributed by atoms with Crippen LogP contribution in [0.4, 0.5) is 5.69 Å². The smallest absolute Gasteiger partial charge is 0.268 e. The molecular formula is C14H20N2O2. The van der Waals surface area contributed by atoms with Gasteiger partial charge < -0.3 is 15.4 Å². The molecular weight excluding hydrogens is 228 g/mol. The minimum absolute atomic E-state index is 0.0432. The molecule has 98 valence electrons. The molecule has 1 atom stereocenters. The molecule has 0 spiro atoms. The van der Waals surface area contributed by atoms with E-state index >= 15 is 0 Å². The van der Waals surface area contributed by atoms with Crippen LogP contribution >= 0.6 is 0 Å². The SMILES string of the molecule is CCC1(CCNC)Oc2ccc(C)cc2NC1=O. The maximum absolute atomic E-state index is 12.3. The summed E-state index contributed by atoms with van der Waals surface area (Å²) in [6.45, 7) is 4.73. The van der Waals surface area contributed by atoms with Crippen molar-refractivity contribution in [1.29, 1.82) is 0 Å². The highest BCUT2D eigenvalue weighted by Gasteiger charge is 2.42. The number of benzene rings is 1. The second-order valence-corrected chi connectivity index (χ2v) is 4.76. The summed E-state index contributed by atoms with van der Waals surface area (Å²) in [6.07, 6.45) is 1.33. The lowest BCUT2D eigenvalue weighted by molar-refractivity contribution is -0.133. The van der Waals surface area contributed by atoms with E-state index in [1.165, 1.54) is 0 Å². The summed E-state index contributed by atoms with van der Waals surface area (Å²) in [5.74, 6) is 0.719. The zero-order valence-electron chi connectivity index (χ0n) is 11.2. The monoisotopic (exact) mass is 248 g/mol. The molecule has 1 aliphatic heterocycles. The molecule has 0 saturated heterocycles. The maximum Gasteiger partial charge on any atom is 0.268 e. The van der Waals surface area contributed by atoms with Gasteiger partial charge in [0.25, 0.3) is 5.91 Å². The summed E-state index contributed by atoms with van der Waals surface area (Å²) in [7, 11) is 1.88. The van der Waals surface area contributed by atoms with Gasteiger partial charge in [0.05, 0.1) is 5.69 Å². The predicted molar refractivity (Wildman–Crippen MR) is 72.0 cm³/mol. The summed E-state index contributed by atoms with van der Waals surface area (Å²) < 4.78 is 5.99. The Hall–Kier alpha value is -1.55. The standard InChI is InChI=1S/C14H20N2O2/c1-4-14(7-8-15-3)13(17)16-11-9-10(2)5-6-12(11)18-14/h5-6,9,15H,4,7-8H2,1-3H3,(H,16,17). The van der Waals surface area contributed by atoms with Gasteiger partial charge in [0.1, 0.15) is 5.75 Å². The quantitative estimate of drug-likeness (QED) is 0.857. The molecule has 0 aliphatic carbocycles. The van der Waals surface area contributed by atoms with Gasteiger partial charge in [0.2, 0.25) is 0 Å². The number of anilines is 1. The lowest BCUT2D eigenvalue weighted by Crippen LogP contribution is -2.51. The second-order valence-electron chi connectivity index (χ2n) is 4.76. The van der Waals surface area contributed by atoms with Gasteiger partial charge >= 0.3 is 0 Å². The Balaban J connectivity index is 2.31. The van der Waals surface area contributed by atoms with Crippen molar-refractivity contribution < 1.29 is 9.53 Å². The van der Waals surface area contributed by atoms with E-state index in [1.54, 1.807) is 0 Å². The van der Waals surface area contributed by atoms with Crippen LogP contribution in [0.1, 0.15) is 25.3 Å². The summed E-state index contributed by atoms with van der Waals surface area (Å²) in [4.78, 5) is 12.3. The number of nitrogens with one attached hydrogen (secondary N) is 2. The molecule has 2 rings (SSSR count). The maximum atomic E-state index is 12.3. The molecule has 0 saturated carbocycles. The van der Waals surface area contributed by atoms with E-state index in [0.717, 1.165) is 23.5 Å². The Morgan fingerprint density at radius 3 is 2.89 bits per heavy atom. The van der Waals surface area contributed by atoms with Crippen molar-refractivity contribution in [3.63, 3.8) is 0 Å². The van der Waals surface area contributed by atoms with E-state index in [2.05, 4.69) is 10.6 Å². The molecule has 4 nitrogen and oxygen atoms in total. The van der Waals surface area contributed by atoms with E-state index in [0.29, 0.717) is 12.8 Å². The van der Waals surface area contributed by atoms with Crippen LogP contribution in [0.5, 0.6) is 5.75 Å². The number of aryl methyl sites for hydroxylation is 1. The summed E-state index contributed by atoms with van der Waals surface area (Å²) in [5, 5.41) is 6.03. The van der Waals surface area contributed by atoms with Crippen molar-refractivity contribution in [3.8, 4) is 5.75 Å². The first-order chi connectivity index (χ1) is 8.61. The van der Waals surface area contributed by atoms with Gasteiger partial charge in [-0.3, -0.25) is 4.79 Å².